The van der Waals surface area contributed by atoms with Crippen LogP contribution in [0.15, 0.2) is 24.3 Å². The number of amides is 2. The van der Waals surface area contributed by atoms with Crippen molar-refractivity contribution in [3.05, 3.63) is 35.4 Å². The SMILES string of the molecule is CNC(=O)c1ccc(CNC(=O)[C@@H]2CC[C@H](O)[C@H](OC)C2)cc1. The molecule has 2 amide bonds. The van der Waals surface area contributed by atoms with Crippen molar-refractivity contribution >= 4 is 11.8 Å². The number of aliphatic hydroxyl groups is 1. The van der Waals surface area contributed by atoms with Crippen LogP contribution in [0.3, 0.4) is 0 Å². The first kappa shape index (κ1) is 17.4. The Balaban J connectivity index is 1.85. The fraction of sp³-hybridized carbons (Fsp3) is 0.529. The maximum absolute atomic E-state index is 12.2. The van der Waals surface area contributed by atoms with E-state index in [4.69, 9.17) is 4.74 Å². The van der Waals surface area contributed by atoms with E-state index in [2.05, 4.69) is 10.6 Å². The first-order valence-electron chi connectivity index (χ1n) is 7.84. The van der Waals surface area contributed by atoms with Crippen LogP contribution in [0.4, 0.5) is 0 Å². The van der Waals surface area contributed by atoms with Gasteiger partial charge in [-0.25, -0.2) is 0 Å². The molecule has 3 N–H and O–H groups in total. The average molecular weight is 320 g/mol. The lowest BCUT2D eigenvalue weighted by molar-refractivity contribution is -0.130. The molecule has 6 nitrogen and oxygen atoms in total. The number of nitrogens with one attached hydrogen (secondary N) is 2. The number of carbonyl (C=O) groups excluding carboxylic acids is 2. The maximum Gasteiger partial charge on any atom is 0.251 e. The van der Waals surface area contributed by atoms with E-state index in [0.717, 1.165) is 5.56 Å². The van der Waals surface area contributed by atoms with Gasteiger partial charge >= 0.3 is 0 Å². The summed E-state index contributed by atoms with van der Waals surface area (Å²) in [5.41, 5.74) is 1.52. The van der Waals surface area contributed by atoms with Crippen LogP contribution in [0, 0.1) is 5.92 Å². The van der Waals surface area contributed by atoms with Gasteiger partial charge in [-0.2, -0.15) is 0 Å². The van der Waals surface area contributed by atoms with Crippen LogP contribution in [0.1, 0.15) is 35.2 Å². The highest BCUT2D eigenvalue weighted by Crippen LogP contribution is 2.26. The first-order chi connectivity index (χ1) is 11.0. The monoisotopic (exact) mass is 320 g/mol. The number of methoxy groups -OCH3 is 1. The summed E-state index contributed by atoms with van der Waals surface area (Å²) < 4.78 is 5.22. The summed E-state index contributed by atoms with van der Waals surface area (Å²) in [4.78, 5) is 23.7. The zero-order valence-electron chi connectivity index (χ0n) is 13.5. The van der Waals surface area contributed by atoms with E-state index in [1.807, 2.05) is 12.1 Å². The minimum absolute atomic E-state index is 0.0191. The van der Waals surface area contributed by atoms with E-state index in [9.17, 15) is 14.7 Å². The molecule has 0 bridgehead atoms. The van der Waals surface area contributed by atoms with E-state index in [1.54, 1.807) is 26.3 Å². The molecule has 0 aromatic heterocycles. The summed E-state index contributed by atoms with van der Waals surface area (Å²) in [6.07, 6.45) is 1.03. The van der Waals surface area contributed by atoms with Crippen molar-refractivity contribution < 1.29 is 19.4 Å². The zero-order valence-corrected chi connectivity index (χ0v) is 13.5. The van der Waals surface area contributed by atoms with E-state index in [0.29, 0.717) is 31.4 Å². The Morgan fingerprint density at radius 1 is 1.26 bits per heavy atom. The highest BCUT2D eigenvalue weighted by molar-refractivity contribution is 5.93. The minimum Gasteiger partial charge on any atom is -0.390 e. The number of aliphatic hydroxyl groups excluding tert-OH is 1. The number of hydrogen-bond acceptors (Lipinski definition) is 4. The predicted molar refractivity (Wildman–Crippen MR) is 85.8 cm³/mol. The smallest absolute Gasteiger partial charge is 0.251 e. The lowest BCUT2D eigenvalue weighted by atomic mass is 9.84. The Kier molecular flexibility index (Phi) is 6.12. The van der Waals surface area contributed by atoms with E-state index in [-0.39, 0.29) is 23.8 Å². The van der Waals surface area contributed by atoms with Gasteiger partial charge < -0.3 is 20.5 Å². The third kappa shape index (κ3) is 4.53. The fourth-order valence-corrected chi connectivity index (χ4v) is 2.86. The molecule has 126 valence electrons. The van der Waals surface area contributed by atoms with Gasteiger partial charge in [0.05, 0.1) is 12.2 Å². The summed E-state index contributed by atoms with van der Waals surface area (Å²) in [5.74, 6) is -0.283. The van der Waals surface area contributed by atoms with Gasteiger partial charge in [0.15, 0.2) is 0 Å². The minimum atomic E-state index is -0.485. The maximum atomic E-state index is 12.2. The van der Waals surface area contributed by atoms with Gasteiger partial charge in [0.25, 0.3) is 5.91 Å². The number of carbonyl (C=O) groups is 2. The fourth-order valence-electron chi connectivity index (χ4n) is 2.86. The molecule has 1 fully saturated rings. The van der Waals surface area contributed by atoms with Crippen molar-refractivity contribution in [2.24, 2.45) is 5.92 Å². The molecule has 1 aliphatic carbocycles. The van der Waals surface area contributed by atoms with Crippen LogP contribution in [-0.4, -0.2) is 43.3 Å². The number of hydrogen-bond donors (Lipinski definition) is 3. The van der Waals surface area contributed by atoms with Gasteiger partial charge in [0.1, 0.15) is 0 Å². The molecule has 0 spiro atoms. The van der Waals surface area contributed by atoms with Crippen LogP contribution in [0.25, 0.3) is 0 Å². The third-order valence-corrected chi connectivity index (χ3v) is 4.34. The van der Waals surface area contributed by atoms with Crippen LogP contribution in [0.5, 0.6) is 0 Å². The lowest BCUT2D eigenvalue weighted by Gasteiger charge is -2.31. The van der Waals surface area contributed by atoms with Crippen molar-refractivity contribution in [1.82, 2.24) is 10.6 Å². The van der Waals surface area contributed by atoms with Gasteiger partial charge in [-0.1, -0.05) is 12.1 Å². The zero-order chi connectivity index (χ0) is 16.8. The summed E-state index contributed by atoms with van der Waals surface area (Å²) >= 11 is 0. The van der Waals surface area contributed by atoms with Crippen LogP contribution < -0.4 is 10.6 Å². The summed E-state index contributed by atoms with van der Waals surface area (Å²) in [6, 6.07) is 7.12. The molecule has 1 aromatic carbocycles. The van der Waals surface area contributed by atoms with Crippen molar-refractivity contribution in [3.63, 3.8) is 0 Å². The van der Waals surface area contributed by atoms with Crippen LogP contribution in [0.2, 0.25) is 0 Å². The highest BCUT2D eigenvalue weighted by atomic mass is 16.5. The topological polar surface area (TPSA) is 87.7 Å². The Hall–Kier alpha value is -1.92. The number of rotatable bonds is 5. The lowest BCUT2D eigenvalue weighted by Crippen LogP contribution is -2.41. The van der Waals surface area contributed by atoms with Gasteiger partial charge in [-0.15, -0.1) is 0 Å². The standard InChI is InChI=1S/C17H24N2O4/c1-18-16(21)12-5-3-11(4-6-12)10-19-17(22)13-7-8-14(20)15(9-13)23-2/h3-6,13-15,20H,7-10H2,1-2H3,(H,18,21)(H,19,22)/t13-,14+,15-/m1/s1. The number of ether oxygens (including phenoxy) is 1. The average Bonchev–Trinajstić information content (AvgIpc) is 2.59. The van der Waals surface area contributed by atoms with Gasteiger partial charge in [0.2, 0.25) is 5.91 Å². The largest absolute Gasteiger partial charge is 0.390 e. The first-order valence-corrected chi connectivity index (χ1v) is 7.84. The van der Waals surface area contributed by atoms with Gasteiger partial charge in [0, 0.05) is 32.2 Å². The molecule has 1 saturated carbocycles. The predicted octanol–water partition coefficient (Wildman–Crippen LogP) is 0.838. The van der Waals surface area contributed by atoms with E-state index in [1.165, 1.54) is 0 Å². The Bertz CT molecular complexity index is 544. The summed E-state index contributed by atoms with van der Waals surface area (Å²) in [6.45, 7) is 0.420. The molecule has 6 heteroatoms. The van der Waals surface area contributed by atoms with Crippen LogP contribution >= 0.6 is 0 Å². The molecule has 3 atom stereocenters. The second-order valence-corrected chi connectivity index (χ2v) is 5.85. The molecule has 0 saturated heterocycles. The van der Waals surface area contributed by atoms with Crippen molar-refractivity contribution in [1.29, 1.82) is 0 Å². The molecule has 2 rings (SSSR count). The molecule has 1 aliphatic rings. The quantitative estimate of drug-likeness (QED) is 0.750. The second-order valence-electron chi connectivity index (χ2n) is 5.85. The molecule has 1 aromatic rings. The normalized spacial score (nSPS) is 24.0. The molecule has 0 unspecified atom stereocenters. The molecule has 0 radical (unpaired) electrons. The molecular weight excluding hydrogens is 296 g/mol. The Morgan fingerprint density at radius 3 is 2.57 bits per heavy atom. The van der Waals surface area contributed by atoms with Crippen molar-refractivity contribution in [2.75, 3.05) is 14.2 Å². The third-order valence-electron chi connectivity index (χ3n) is 4.34. The van der Waals surface area contributed by atoms with Crippen molar-refractivity contribution in [3.8, 4) is 0 Å². The van der Waals surface area contributed by atoms with E-state index < -0.39 is 6.10 Å². The second kappa shape index (κ2) is 8.08. The van der Waals surface area contributed by atoms with E-state index >= 15 is 0 Å². The van der Waals surface area contributed by atoms with Crippen molar-refractivity contribution in [2.45, 2.75) is 38.0 Å². The molecule has 23 heavy (non-hydrogen) atoms. The van der Waals surface area contributed by atoms with Gasteiger partial charge in [-0.3, -0.25) is 9.59 Å². The Labute approximate surface area is 136 Å². The molecule has 0 heterocycles. The van der Waals surface area contributed by atoms with Gasteiger partial charge in [-0.05, 0) is 37.0 Å². The summed E-state index contributed by atoms with van der Waals surface area (Å²) in [7, 11) is 3.15. The number of benzene rings is 1. The Morgan fingerprint density at radius 2 is 1.96 bits per heavy atom. The highest BCUT2D eigenvalue weighted by Gasteiger charge is 2.32. The van der Waals surface area contributed by atoms with Crippen LogP contribution in [-0.2, 0) is 16.1 Å². The molecule has 0 aliphatic heterocycles. The summed E-state index contributed by atoms with van der Waals surface area (Å²) in [5, 5.41) is 15.3. The molecular formula is C17H24N2O4.